The maximum absolute atomic E-state index is 13.0. The van der Waals surface area contributed by atoms with Gasteiger partial charge in [0.1, 0.15) is 5.82 Å². The molecule has 1 saturated heterocycles. The molecule has 144 valence electrons. The van der Waals surface area contributed by atoms with E-state index in [1.165, 1.54) is 24.2 Å². The van der Waals surface area contributed by atoms with Gasteiger partial charge in [0.2, 0.25) is 0 Å². The van der Waals surface area contributed by atoms with Crippen LogP contribution in [0.4, 0.5) is 10.1 Å². The quantitative estimate of drug-likeness (QED) is 0.581. The first-order chi connectivity index (χ1) is 13.2. The topological polar surface area (TPSA) is 39.7 Å². The third kappa shape index (κ3) is 5.98. The van der Waals surface area contributed by atoms with Crippen LogP contribution in [-0.4, -0.2) is 38.7 Å². The van der Waals surface area contributed by atoms with Gasteiger partial charge < -0.3 is 15.5 Å². The van der Waals surface area contributed by atoms with Gasteiger partial charge in [-0.15, -0.1) is 0 Å². The Morgan fingerprint density at radius 1 is 1.11 bits per heavy atom. The fourth-order valence-corrected chi connectivity index (χ4v) is 3.39. The molecule has 1 aliphatic heterocycles. The van der Waals surface area contributed by atoms with E-state index >= 15 is 0 Å². The van der Waals surface area contributed by atoms with Crippen molar-refractivity contribution in [1.82, 2.24) is 10.6 Å². The van der Waals surface area contributed by atoms with E-state index in [1.54, 1.807) is 0 Å². The molecule has 1 fully saturated rings. The summed E-state index contributed by atoms with van der Waals surface area (Å²) < 4.78 is 13.0. The maximum Gasteiger partial charge on any atom is 0.191 e. The number of halogens is 1. The summed E-state index contributed by atoms with van der Waals surface area (Å²) in [5, 5.41) is 6.69. The van der Waals surface area contributed by atoms with Gasteiger partial charge >= 0.3 is 0 Å². The molecule has 1 aliphatic rings. The Labute approximate surface area is 161 Å². The van der Waals surface area contributed by atoms with Gasteiger partial charge in [0.25, 0.3) is 0 Å². The molecule has 1 unspecified atom stereocenters. The molecule has 2 aromatic rings. The van der Waals surface area contributed by atoms with Crippen molar-refractivity contribution in [1.29, 1.82) is 0 Å². The monoisotopic (exact) mass is 368 g/mol. The van der Waals surface area contributed by atoms with E-state index in [2.05, 4.69) is 52.8 Å². The van der Waals surface area contributed by atoms with Gasteiger partial charge in [0, 0.05) is 38.4 Å². The minimum Gasteiger partial charge on any atom is -0.371 e. The number of para-hydroxylation sites is 1. The summed E-state index contributed by atoms with van der Waals surface area (Å²) in [4.78, 5) is 7.22. The van der Waals surface area contributed by atoms with E-state index in [0.29, 0.717) is 5.92 Å². The number of benzene rings is 2. The van der Waals surface area contributed by atoms with Crippen molar-refractivity contribution in [3.63, 3.8) is 0 Å². The normalized spacial score (nSPS) is 17.2. The van der Waals surface area contributed by atoms with Crippen molar-refractivity contribution in [3.05, 3.63) is 66.0 Å². The number of rotatable bonds is 7. The van der Waals surface area contributed by atoms with Gasteiger partial charge in [-0.3, -0.25) is 4.99 Å². The summed E-state index contributed by atoms with van der Waals surface area (Å²) in [6, 6.07) is 17.3. The Morgan fingerprint density at radius 2 is 1.89 bits per heavy atom. The van der Waals surface area contributed by atoms with Crippen LogP contribution in [0, 0.1) is 11.7 Å². The molecule has 2 N–H and O–H groups in total. The molecule has 1 atom stereocenters. The zero-order valence-corrected chi connectivity index (χ0v) is 16.0. The molecule has 27 heavy (non-hydrogen) atoms. The summed E-state index contributed by atoms with van der Waals surface area (Å²) in [6.07, 6.45) is 2.02. The Bertz CT molecular complexity index is 715. The van der Waals surface area contributed by atoms with Crippen LogP contribution in [0.1, 0.15) is 18.9 Å². The Morgan fingerprint density at radius 3 is 2.63 bits per heavy atom. The van der Waals surface area contributed by atoms with Crippen LogP contribution in [0.25, 0.3) is 0 Å². The highest BCUT2D eigenvalue weighted by Crippen LogP contribution is 2.23. The molecule has 0 radical (unpaired) electrons. The molecule has 0 bridgehead atoms. The fourth-order valence-electron chi connectivity index (χ4n) is 3.39. The van der Waals surface area contributed by atoms with E-state index in [-0.39, 0.29) is 5.82 Å². The molecule has 1 heterocycles. The summed E-state index contributed by atoms with van der Waals surface area (Å²) in [7, 11) is 0. The Balaban J connectivity index is 1.46. The Kier molecular flexibility index (Phi) is 7.08. The average molecular weight is 369 g/mol. The molecule has 5 heteroatoms. The van der Waals surface area contributed by atoms with Crippen molar-refractivity contribution >= 4 is 11.6 Å². The molecule has 3 rings (SSSR count). The van der Waals surface area contributed by atoms with Gasteiger partial charge in [-0.25, -0.2) is 4.39 Å². The summed E-state index contributed by atoms with van der Waals surface area (Å²) in [5.74, 6) is 1.25. The smallest absolute Gasteiger partial charge is 0.191 e. The lowest BCUT2D eigenvalue weighted by Gasteiger charge is -2.18. The number of guanidine groups is 1. The molecule has 0 aliphatic carbocycles. The summed E-state index contributed by atoms with van der Waals surface area (Å²) in [6.45, 7) is 6.67. The SMILES string of the molecule is CCNC(=NCC1CCN(c2ccccc2)C1)NCCc1ccc(F)cc1. The maximum atomic E-state index is 13.0. The summed E-state index contributed by atoms with van der Waals surface area (Å²) in [5.41, 5.74) is 2.42. The second-order valence-electron chi connectivity index (χ2n) is 6.96. The third-order valence-electron chi connectivity index (χ3n) is 4.88. The van der Waals surface area contributed by atoms with E-state index in [0.717, 1.165) is 50.7 Å². The van der Waals surface area contributed by atoms with Crippen LogP contribution in [-0.2, 0) is 6.42 Å². The number of nitrogens with zero attached hydrogens (tertiary/aromatic N) is 2. The van der Waals surface area contributed by atoms with Crippen LogP contribution in [0.5, 0.6) is 0 Å². The van der Waals surface area contributed by atoms with Gasteiger partial charge in [0.05, 0.1) is 0 Å². The van der Waals surface area contributed by atoms with Crippen molar-refractivity contribution in [2.45, 2.75) is 19.8 Å². The highest BCUT2D eigenvalue weighted by atomic mass is 19.1. The Hall–Kier alpha value is -2.56. The van der Waals surface area contributed by atoms with E-state index < -0.39 is 0 Å². The second kappa shape index (κ2) is 9.95. The van der Waals surface area contributed by atoms with Crippen molar-refractivity contribution < 1.29 is 4.39 Å². The second-order valence-corrected chi connectivity index (χ2v) is 6.96. The van der Waals surface area contributed by atoms with E-state index in [1.807, 2.05) is 12.1 Å². The predicted octanol–water partition coefficient (Wildman–Crippen LogP) is 3.45. The van der Waals surface area contributed by atoms with Crippen LogP contribution >= 0.6 is 0 Å². The van der Waals surface area contributed by atoms with Gasteiger partial charge in [0.15, 0.2) is 5.96 Å². The molecule has 0 spiro atoms. The van der Waals surface area contributed by atoms with Crippen LogP contribution in [0.15, 0.2) is 59.6 Å². The van der Waals surface area contributed by atoms with Crippen molar-refractivity contribution in [2.24, 2.45) is 10.9 Å². The van der Waals surface area contributed by atoms with E-state index in [9.17, 15) is 4.39 Å². The number of hydrogen-bond acceptors (Lipinski definition) is 2. The first kappa shape index (κ1) is 19.2. The average Bonchev–Trinajstić information content (AvgIpc) is 3.17. The first-order valence-corrected chi connectivity index (χ1v) is 9.81. The molecule has 0 amide bonds. The van der Waals surface area contributed by atoms with E-state index in [4.69, 9.17) is 4.99 Å². The first-order valence-electron chi connectivity index (χ1n) is 9.81. The standard InChI is InChI=1S/C22H29FN4/c1-2-24-22(25-14-12-18-8-10-20(23)11-9-18)26-16-19-13-15-27(17-19)21-6-4-3-5-7-21/h3-11,19H,2,12-17H2,1H3,(H2,24,25,26). The fraction of sp³-hybridized carbons (Fsp3) is 0.409. The lowest BCUT2D eigenvalue weighted by molar-refractivity contribution is 0.599. The highest BCUT2D eigenvalue weighted by Gasteiger charge is 2.22. The number of hydrogen-bond donors (Lipinski definition) is 2. The largest absolute Gasteiger partial charge is 0.371 e. The lowest BCUT2D eigenvalue weighted by atomic mass is 10.1. The van der Waals surface area contributed by atoms with Crippen LogP contribution in [0.2, 0.25) is 0 Å². The minimum absolute atomic E-state index is 0.192. The summed E-state index contributed by atoms with van der Waals surface area (Å²) >= 11 is 0. The lowest BCUT2D eigenvalue weighted by Crippen LogP contribution is -2.38. The number of aliphatic imine (C=N–C) groups is 1. The van der Waals surface area contributed by atoms with Gasteiger partial charge in [-0.05, 0) is 55.5 Å². The van der Waals surface area contributed by atoms with Crippen molar-refractivity contribution in [3.8, 4) is 0 Å². The third-order valence-corrected chi connectivity index (χ3v) is 4.88. The zero-order chi connectivity index (χ0) is 18.9. The highest BCUT2D eigenvalue weighted by molar-refractivity contribution is 5.79. The minimum atomic E-state index is -0.192. The molecule has 0 saturated carbocycles. The van der Waals surface area contributed by atoms with Gasteiger partial charge in [-0.1, -0.05) is 30.3 Å². The van der Waals surface area contributed by atoms with Crippen LogP contribution in [0.3, 0.4) is 0 Å². The van der Waals surface area contributed by atoms with Gasteiger partial charge in [-0.2, -0.15) is 0 Å². The van der Waals surface area contributed by atoms with Crippen molar-refractivity contribution in [2.75, 3.05) is 37.6 Å². The van der Waals surface area contributed by atoms with Crippen LogP contribution < -0.4 is 15.5 Å². The molecular formula is C22H29FN4. The predicted molar refractivity (Wildman–Crippen MR) is 111 cm³/mol. The number of anilines is 1. The zero-order valence-electron chi connectivity index (χ0n) is 16.0. The molecule has 4 nitrogen and oxygen atoms in total. The molecule has 0 aromatic heterocycles. The molecule has 2 aromatic carbocycles. The molecular weight excluding hydrogens is 339 g/mol. The number of nitrogens with one attached hydrogen (secondary N) is 2.